The van der Waals surface area contributed by atoms with E-state index in [0.717, 1.165) is 30.1 Å². The number of rotatable bonds is 3. The smallest absolute Gasteiger partial charge is 0.410 e. The van der Waals surface area contributed by atoms with E-state index in [1.165, 1.54) is 0 Å². The van der Waals surface area contributed by atoms with Crippen LogP contribution in [0.2, 0.25) is 5.02 Å². The van der Waals surface area contributed by atoms with Crippen LogP contribution in [0.15, 0.2) is 54.6 Å². The number of hydrogen-bond donors (Lipinski definition) is 0. The highest BCUT2D eigenvalue weighted by Crippen LogP contribution is 2.27. The molecule has 1 amide bonds. The molecule has 0 N–H and O–H groups in total. The van der Waals surface area contributed by atoms with Crippen molar-refractivity contribution in [2.75, 3.05) is 26.2 Å². The quantitative estimate of drug-likeness (QED) is 0.803. The van der Waals surface area contributed by atoms with Crippen molar-refractivity contribution in [3.8, 4) is 5.75 Å². The Kier molecular flexibility index (Phi) is 5.95. The number of ether oxygens (including phenoxy) is 1. The Bertz CT molecular complexity index is 708. The van der Waals surface area contributed by atoms with Gasteiger partial charge in [-0.3, -0.25) is 4.90 Å². The SMILES string of the molecule is CC(c1ccccc1Cl)N1CCCN(C(=O)Oc2ccccc2)CC1. The van der Waals surface area contributed by atoms with Crippen molar-refractivity contribution in [3.63, 3.8) is 0 Å². The third kappa shape index (κ3) is 4.53. The fourth-order valence-electron chi connectivity index (χ4n) is 3.17. The van der Waals surface area contributed by atoms with Gasteiger partial charge in [-0.2, -0.15) is 0 Å². The molecule has 1 atom stereocenters. The molecule has 2 aromatic rings. The third-order valence-corrected chi connectivity index (χ3v) is 4.98. The van der Waals surface area contributed by atoms with Crippen LogP contribution in [0.4, 0.5) is 4.79 Å². The lowest BCUT2D eigenvalue weighted by atomic mass is 10.1. The molecule has 1 unspecified atom stereocenters. The molecule has 1 fully saturated rings. The molecule has 1 aliphatic rings. The van der Waals surface area contributed by atoms with Gasteiger partial charge in [0.2, 0.25) is 0 Å². The van der Waals surface area contributed by atoms with E-state index < -0.39 is 0 Å². The molecule has 0 aliphatic carbocycles. The van der Waals surface area contributed by atoms with Gasteiger partial charge in [0.15, 0.2) is 0 Å². The van der Waals surface area contributed by atoms with Crippen LogP contribution in [0.5, 0.6) is 5.75 Å². The molecule has 1 heterocycles. The predicted octanol–water partition coefficient (Wildman–Crippen LogP) is 4.61. The predicted molar refractivity (Wildman–Crippen MR) is 100 cm³/mol. The van der Waals surface area contributed by atoms with Crippen LogP contribution in [0.25, 0.3) is 0 Å². The molecule has 0 aromatic heterocycles. The number of carbonyl (C=O) groups excluding carboxylic acids is 1. The normalized spacial score (nSPS) is 17.0. The second-order valence-electron chi connectivity index (χ2n) is 6.26. The van der Waals surface area contributed by atoms with Gasteiger partial charge in [-0.05, 0) is 37.1 Å². The van der Waals surface area contributed by atoms with E-state index in [-0.39, 0.29) is 12.1 Å². The molecule has 132 valence electrons. The molecule has 25 heavy (non-hydrogen) atoms. The second-order valence-corrected chi connectivity index (χ2v) is 6.66. The molecule has 0 bridgehead atoms. The van der Waals surface area contributed by atoms with Crippen LogP contribution < -0.4 is 4.74 Å². The van der Waals surface area contributed by atoms with Gasteiger partial charge in [-0.1, -0.05) is 48.0 Å². The molecule has 0 radical (unpaired) electrons. The van der Waals surface area contributed by atoms with Crippen molar-refractivity contribution in [1.29, 1.82) is 0 Å². The minimum absolute atomic E-state index is 0.221. The summed E-state index contributed by atoms with van der Waals surface area (Å²) in [5.41, 5.74) is 1.13. The molecular weight excluding hydrogens is 336 g/mol. The molecule has 2 aromatic carbocycles. The maximum absolute atomic E-state index is 12.4. The average Bonchev–Trinajstić information content (AvgIpc) is 2.89. The lowest BCUT2D eigenvalue weighted by molar-refractivity contribution is 0.151. The van der Waals surface area contributed by atoms with Crippen LogP contribution in [0, 0.1) is 0 Å². The van der Waals surface area contributed by atoms with E-state index in [4.69, 9.17) is 16.3 Å². The number of carbonyl (C=O) groups is 1. The highest BCUT2D eigenvalue weighted by molar-refractivity contribution is 6.31. The summed E-state index contributed by atoms with van der Waals surface area (Å²) in [5.74, 6) is 0.582. The monoisotopic (exact) mass is 358 g/mol. The highest BCUT2D eigenvalue weighted by Gasteiger charge is 2.24. The first-order valence-electron chi connectivity index (χ1n) is 8.65. The van der Waals surface area contributed by atoms with E-state index in [2.05, 4.69) is 17.9 Å². The van der Waals surface area contributed by atoms with Crippen LogP contribution in [0.3, 0.4) is 0 Å². The summed E-state index contributed by atoms with van der Waals surface area (Å²) in [5, 5.41) is 0.791. The summed E-state index contributed by atoms with van der Waals surface area (Å²) in [4.78, 5) is 16.5. The minimum atomic E-state index is -0.279. The lowest BCUT2D eigenvalue weighted by Crippen LogP contribution is -2.37. The lowest BCUT2D eigenvalue weighted by Gasteiger charge is -2.28. The molecule has 3 rings (SSSR count). The summed E-state index contributed by atoms with van der Waals surface area (Å²) in [6.45, 7) is 5.26. The zero-order valence-corrected chi connectivity index (χ0v) is 15.2. The van der Waals surface area contributed by atoms with Gasteiger partial charge in [-0.25, -0.2) is 4.79 Å². The Balaban J connectivity index is 1.60. The minimum Gasteiger partial charge on any atom is -0.410 e. The van der Waals surface area contributed by atoms with Crippen molar-refractivity contribution < 1.29 is 9.53 Å². The molecule has 1 aliphatic heterocycles. The highest BCUT2D eigenvalue weighted by atomic mass is 35.5. The van der Waals surface area contributed by atoms with Crippen molar-refractivity contribution in [1.82, 2.24) is 9.80 Å². The van der Waals surface area contributed by atoms with Gasteiger partial charge in [0.1, 0.15) is 5.75 Å². The summed E-state index contributed by atoms with van der Waals surface area (Å²) in [6.07, 6.45) is 0.636. The Morgan fingerprint density at radius 3 is 2.48 bits per heavy atom. The maximum Gasteiger partial charge on any atom is 0.415 e. The van der Waals surface area contributed by atoms with Crippen molar-refractivity contribution in [2.45, 2.75) is 19.4 Å². The molecule has 0 spiro atoms. The molecular formula is C20H23ClN2O2. The van der Waals surface area contributed by atoms with Crippen LogP contribution >= 0.6 is 11.6 Å². The maximum atomic E-state index is 12.4. The number of nitrogens with zero attached hydrogens (tertiary/aromatic N) is 2. The third-order valence-electron chi connectivity index (χ3n) is 4.64. The van der Waals surface area contributed by atoms with Crippen molar-refractivity contribution in [3.05, 3.63) is 65.2 Å². The van der Waals surface area contributed by atoms with E-state index >= 15 is 0 Å². The summed E-state index contributed by atoms with van der Waals surface area (Å²) in [6, 6.07) is 17.4. The van der Waals surface area contributed by atoms with Crippen molar-refractivity contribution in [2.24, 2.45) is 0 Å². The van der Waals surface area contributed by atoms with Crippen LogP contribution in [-0.4, -0.2) is 42.1 Å². The number of amides is 1. The van der Waals surface area contributed by atoms with E-state index in [9.17, 15) is 4.79 Å². The van der Waals surface area contributed by atoms with Crippen LogP contribution in [0.1, 0.15) is 24.9 Å². The standard InChI is InChI=1S/C20H23ClN2O2/c1-16(18-10-5-6-11-19(18)21)22-12-7-13-23(15-14-22)20(24)25-17-8-3-2-4-9-17/h2-6,8-11,16H,7,12-15H2,1H3. The zero-order valence-electron chi connectivity index (χ0n) is 14.4. The zero-order chi connectivity index (χ0) is 17.6. The molecule has 5 heteroatoms. The summed E-state index contributed by atoms with van der Waals surface area (Å²) >= 11 is 6.34. The Labute approximate surface area is 154 Å². The fraction of sp³-hybridized carbons (Fsp3) is 0.350. The number of hydrogen-bond acceptors (Lipinski definition) is 3. The van der Waals surface area contributed by atoms with Gasteiger partial charge in [0, 0.05) is 37.2 Å². The van der Waals surface area contributed by atoms with E-state index in [1.807, 2.05) is 36.4 Å². The van der Waals surface area contributed by atoms with Crippen molar-refractivity contribution >= 4 is 17.7 Å². The van der Waals surface area contributed by atoms with Gasteiger partial charge in [0.25, 0.3) is 0 Å². The molecule has 1 saturated heterocycles. The molecule has 4 nitrogen and oxygen atoms in total. The van der Waals surface area contributed by atoms with Crippen LogP contribution in [-0.2, 0) is 0 Å². The first-order chi connectivity index (χ1) is 12.1. The van der Waals surface area contributed by atoms with Gasteiger partial charge in [-0.15, -0.1) is 0 Å². The number of benzene rings is 2. The van der Waals surface area contributed by atoms with Gasteiger partial charge < -0.3 is 9.64 Å². The Morgan fingerprint density at radius 1 is 1.00 bits per heavy atom. The topological polar surface area (TPSA) is 32.8 Å². The first kappa shape index (κ1) is 17.8. The van der Waals surface area contributed by atoms with E-state index in [1.54, 1.807) is 17.0 Å². The Morgan fingerprint density at radius 2 is 1.72 bits per heavy atom. The number of halogens is 1. The first-order valence-corrected chi connectivity index (χ1v) is 9.03. The summed E-state index contributed by atoms with van der Waals surface area (Å²) in [7, 11) is 0. The van der Waals surface area contributed by atoms with Gasteiger partial charge in [0.05, 0.1) is 0 Å². The summed E-state index contributed by atoms with van der Waals surface area (Å²) < 4.78 is 5.46. The average molecular weight is 359 g/mol. The fourth-order valence-corrected chi connectivity index (χ4v) is 3.47. The second kappa shape index (κ2) is 8.37. The van der Waals surface area contributed by atoms with E-state index in [0.29, 0.717) is 18.8 Å². The van der Waals surface area contributed by atoms with Gasteiger partial charge >= 0.3 is 6.09 Å². The molecule has 0 saturated carbocycles. The Hall–Kier alpha value is -2.04. The number of para-hydroxylation sites is 1. The largest absolute Gasteiger partial charge is 0.415 e.